The van der Waals surface area contributed by atoms with Gasteiger partial charge in [-0.1, -0.05) is 38.1 Å². The third-order valence-corrected chi connectivity index (χ3v) is 5.22. The quantitative estimate of drug-likeness (QED) is 0.542. The molecule has 0 unspecified atom stereocenters. The summed E-state index contributed by atoms with van der Waals surface area (Å²) in [6.45, 7) is 6.58. The maximum Gasteiger partial charge on any atom is 0.261 e. The second kappa shape index (κ2) is 12.6. The zero-order valence-electron chi connectivity index (χ0n) is 19.6. The van der Waals surface area contributed by atoms with Gasteiger partial charge in [0.1, 0.15) is 23.3 Å². The molecule has 32 heavy (non-hydrogen) atoms. The number of rotatable bonds is 12. The third kappa shape index (κ3) is 6.90. The maximum atomic E-state index is 13.3. The molecule has 0 aliphatic heterocycles. The lowest BCUT2D eigenvalue weighted by Gasteiger charge is -2.31. The fraction of sp³-hybridized carbons (Fsp3) is 0.440. The van der Waals surface area contributed by atoms with Crippen LogP contribution in [0.25, 0.3) is 0 Å². The van der Waals surface area contributed by atoms with Crippen LogP contribution in [0.5, 0.6) is 17.2 Å². The molecule has 0 heterocycles. The van der Waals surface area contributed by atoms with E-state index >= 15 is 0 Å². The molecule has 7 heteroatoms. The van der Waals surface area contributed by atoms with Gasteiger partial charge in [0.2, 0.25) is 5.91 Å². The highest BCUT2D eigenvalue weighted by atomic mass is 16.5. The van der Waals surface area contributed by atoms with Gasteiger partial charge in [0.25, 0.3) is 5.91 Å². The van der Waals surface area contributed by atoms with Crippen molar-refractivity contribution in [3.05, 3.63) is 53.6 Å². The number of carbonyl (C=O) groups excluding carboxylic acids is 2. The molecule has 0 aromatic heterocycles. The zero-order valence-corrected chi connectivity index (χ0v) is 19.6. The average molecular weight is 443 g/mol. The van der Waals surface area contributed by atoms with Gasteiger partial charge >= 0.3 is 0 Å². The Labute approximate surface area is 190 Å². The molecule has 0 fully saturated rings. The molecule has 7 nitrogen and oxygen atoms in total. The summed E-state index contributed by atoms with van der Waals surface area (Å²) in [4.78, 5) is 27.7. The minimum Gasteiger partial charge on any atom is -0.496 e. The van der Waals surface area contributed by atoms with E-state index in [1.54, 1.807) is 37.3 Å². The molecule has 0 spiro atoms. The highest BCUT2D eigenvalue weighted by molar-refractivity contribution is 5.88. The Hall–Kier alpha value is -3.22. The summed E-state index contributed by atoms with van der Waals surface area (Å²) in [6, 6.07) is 12.4. The molecule has 0 saturated carbocycles. The van der Waals surface area contributed by atoms with E-state index in [0.717, 1.165) is 17.5 Å². The van der Waals surface area contributed by atoms with Crippen LogP contribution in [0, 0.1) is 6.92 Å². The van der Waals surface area contributed by atoms with Crippen LogP contribution in [0.3, 0.4) is 0 Å². The van der Waals surface area contributed by atoms with E-state index in [4.69, 9.17) is 14.2 Å². The van der Waals surface area contributed by atoms with Crippen LogP contribution < -0.4 is 19.5 Å². The van der Waals surface area contributed by atoms with Gasteiger partial charge in [-0.3, -0.25) is 9.59 Å². The van der Waals surface area contributed by atoms with Crippen molar-refractivity contribution in [2.24, 2.45) is 0 Å². The molecule has 1 atom stereocenters. The van der Waals surface area contributed by atoms with Crippen LogP contribution >= 0.6 is 0 Å². The van der Waals surface area contributed by atoms with Crippen molar-refractivity contribution >= 4 is 11.8 Å². The topological polar surface area (TPSA) is 77.1 Å². The molecule has 0 radical (unpaired) electrons. The number of benzene rings is 2. The molecule has 2 aromatic carbocycles. The van der Waals surface area contributed by atoms with Crippen molar-refractivity contribution in [3.63, 3.8) is 0 Å². The lowest BCUT2D eigenvalue weighted by molar-refractivity contribution is -0.143. The Balaban J connectivity index is 2.24. The Morgan fingerprint density at radius 1 is 1.00 bits per heavy atom. The predicted molar refractivity (Wildman–Crippen MR) is 124 cm³/mol. The summed E-state index contributed by atoms with van der Waals surface area (Å²) < 4.78 is 16.3. The van der Waals surface area contributed by atoms with Gasteiger partial charge in [-0.15, -0.1) is 0 Å². The summed E-state index contributed by atoms with van der Waals surface area (Å²) in [5, 5.41) is 2.92. The molecule has 0 bridgehead atoms. The number of amides is 2. The van der Waals surface area contributed by atoms with Crippen molar-refractivity contribution in [3.8, 4) is 17.2 Å². The molecule has 0 aliphatic rings. The maximum absolute atomic E-state index is 13.3. The molecule has 2 aromatic rings. The van der Waals surface area contributed by atoms with E-state index in [9.17, 15) is 9.59 Å². The Morgan fingerprint density at radius 2 is 1.62 bits per heavy atom. The van der Waals surface area contributed by atoms with Crippen LogP contribution in [0.1, 0.15) is 37.8 Å². The van der Waals surface area contributed by atoms with Gasteiger partial charge < -0.3 is 24.4 Å². The van der Waals surface area contributed by atoms with E-state index in [-0.39, 0.29) is 18.4 Å². The number of hydrogen-bond donors (Lipinski definition) is 1. The van der Waals surface area contributed by atoms with Crippen LogP contribution in [0.15, 0.2) is 42.5 Å². The van der Waals surface area contributed by atoms with Gasteiger partial charge in [-0.2, -0.15) is 0 Å². The minimum absolute atomic E-state index is 0.153. The number of nitrogens with one attached hydrogen (secondary N) is 1. The minimum atomic E-state index is -0.586. The number of ether oxygens (including phenoxy) is 3. The molecule has 2 amide bonds. The normalized spacial score (nSPS) is 11.4. The van der Waals surface area contributed by atoms with E-state index < -0.39 is 6.04 Å². The molecule has 0 saturated heterocycles. The van der Waals surface area contributed by atoms with Crippen molar-refractivity contribution in [1.82, 2.24) is 10.2 Å². The largest absolute Gasteiger partial charge is 0.496 e. The molecule has 2 rings (SSSR count). The molecule has 0 aliphatic carbocycles. The van der Waals surface area contributed by atoms with E-state index in [1.807, 2.05) is 45.0 Å². The second-order valence-corrected chi connectivity index (χ2v) is 7.50. The van der Waals surface area contributed by atoms with Crippen molar-refractivity contribution in [2.75, 3.05) is 27.4 Å². The van der Waals surface area contributed by atoms with Crippen LogP contribution in [-0.4, -0.2) is 50.1 Å². The third-order valence-electron chi connectivity index (χ3n) is 5.22. The predicted octanol–water partition coefficient (Wildman–Crippen LogP) is 3.72. The van der Waals surface area contributed by atoms with E-state index in [0.29, 0.717) is 36.8 Å². The highest BCUT2D eigenvalue weighted by Gasteiger charge is 2.29. The SMILES string of the molecule is CCCNC(=O)[C@@H](CC)N(Cc1ccccc1C)C(=O)COc1cc(OC)cc(OC)c1. The van der Waals surface area contributed by atoms with Crippen molar-refractivity contribution in [1.29, 1.82) is 0 Å². The number of carbonyl (C=O) groups is 2. The van der Waals surface area contributed by atoms with Crippen LogP contribution in [0.4, 0.5) is 0 Å². The number of nitrogens with zero attached hydrogens (tertiary/aromatic N) is 1. The second-order valence-electron chi connectivity index (χ2n) is 7.50. The summed E-state index contributed by atoms with van der Waals surface area (Å²) in [7, 11) is 3.10. The van der Waals surface area contributed by atoms with Crippen LogP contribution in [0.2, 0.25) is 0 Å². The molecule has 174 valence electrons. The lowest BCUT2D eigenvalue weighted by Crippen LogP contribution is -2.50. The Bertz CT molecular complexity index is 877. The van der Waals surface area contributed by atoms with E-state index in [2.05, 4.69) is 5.32 Å². The summed E-state index contributed by atoms with van der Waals surface area (Å²) in [5.41, 5.74) is 2.05. The molecule has 1 N–H and O–H groups in total. The first kappa shape index (κ1) is 25.0. The standard InChI is InChI=1S/C25H34N2O5/c1-6-12-26-25(29)23(7-2)27(16-19-11-9-8-10-18(19)3)24(28)17-32-22-14-20(30-4)13-21(15-22)31-5/h8-11,13-15,23H,6-7,12,16-17H2,1-5H3,(H,26,29)/t23-/m1/s1. The van der Waals surface area contributed by atoms with Gasteiger partial charge in [-0.25, -0.2) is 0 Å². The van der Waals surface area contributed by atoms with Gasteiger partial charge in [-0.05, 0) is 30.9 Å². The number of hydrogen-bond acceptors (Lipinski definition) is 5. The zero-order chi connectivity index (χ0) is 23.5. The number of aryl methyl sites for hydroxylation is 1. The van der Waals surface area contributed by atoms with Gasteiger partial charge in [0.15, 0.2) is 6.61 Å². The van der Waals surface area contributed by atoms with Gasteiger partial charge in [0.05, 0.1) is 14.2 Å². The Kier molecular flexibility index (Phi) is 9.85. The molecular formula is C25H34N2O5. The summed E-state index contributed by atoms with van der Waals surface area (Å²) in [6.07, 6.45) is 1.33. The highest BCUT2D eigenvalue weighted by Crippen LogP contribution is 2.27. The molecular weight excluding hydrogens is 408 g/mol. The van der Waals surface area contributed by atoms with Crippen molar-refractivity contribution < 1.29 is 23.8 Å². The van der Waals surface area contributed by atoms with Crippen molar-refractivity contribution in [2.45, 2.75) is 46.2 Å². The fourth-order valence-corrected chi connectivity index (χ4v) is 3.35. The summed E-state index contributed by atoms with van der Waals surface area (Å²) in [5.74, 6) is 1.16. The Morgan fingerprint density at radius 3 is 2.19 bits per heavy atom. The number of methoxy groups -OCH3 is 2. The first-order valence-corrected chi connectivity index (χ1v) is 10.9. The van der Waals surface area contributed by atoms with E-state index in [1.165, 1.54) is 0 Å². The first-order valence-electron chi connectivity index (χ1n) is 10.9. The van der Waals surface area contributed by atoms with Gasteiger partial charge in [0, 0.05) is 31.3 Å². The fourth-order valence-electron chi connectivity index (χ4n) is 3.35. The average Bonchev–Trinajstić information content (AvgIpc) is 2.81. The monoisotopic (exact) mass is 442 g/mol. The lowest BCUT2D eigenvalue weighted by atomic mass is 10.1. The summed E-state index contributed by atoms with van der Waals surface area (Å²) >= 11 is 0. The first-order chi connectivity index (χ1) is 15.4. The van der Waals surface area contributed by atoms with Crippen LogP contribution in [-0.2, 0) is 16.1 Å². The smallest absolute Gasteiger partial charge is 0.261 e.